The van der Waals surface area contributed by atoms with Crippen LogP contribution in [0, 0.1) is 12.8 Å². The molecule has 0 unspecified atom stereocenters. The zero-order chi connectivity index (χ0) is 22.3. The van der Waals surface area contributed by atoms with Crippen LogP contribution in [0.4, 0.5) is 5.69 Å². The van der Waals surface area contributed by atoms with Crippen LogP contribution in [0.15, 0.2) is 29.4 Å². The van der Waals surface area contributed by atoms with Gasteiger partial charge in [0.25, 0.3) is 0 Å². The molecule has 1 aliphatic rings. The fraction of sp³-hybridized carbons (Fsp3) is 0.526. The molecule has 0 aromatic heterocycles. The molecule has 1 aliphatic heterocycles. The number of likely N-dealkylation sites (tertiary alicyclic amines) is 1. The SMILES string of the molecule is C/C(=N/NC(=S)NN)[C@H](C(=O)Nc1ccccc1C)[C@H](N1CCCCC1)C(Cl)(Cl)Cl. The predicted octanol–water partition coefficient (Wildman–Crippen LogP) is 3.49. The van der Waals surface area contributed by atoms with Gasteiger partial charge in [-0.25, -0.2) is 5.84 Å². The highest BCUT2D eigenvalue weighted by Gasteiger charge is 2.47. The lowest BCUT2D eigenvalue weighted by Crippen LogP contribution is -2.56. The van der Waals surface area contributed by atoms with Crippen LogP contribution in [0.2, 0.25) is 0 Å². The van der Waals surface area contributed by atoms with Gasteiger partial charge in [0.05, 0.1) is 12.0 Å². The molecule has 11 heteroatoms. The molecule has 1 fully saturated rings. The molecule has 0 radical (unpaired) electrons. The van der Waals surface area contributed by atoms with Crippen LogP contribution in [0.25, 0.3) is 0 Å². The van der Waals surface area contributed by atoms with Crippen LogP contribution in [-0.2, 0) is 4.79 Å². The third-order valence-electron chi connectivity index (χ3n) is 5.04. The Bertz CT molecular complexity index is 780. The van der Waals surface area contributed by atoms with Crippen molar-refractivity contribution in [2.75, 3.05) is 18.4 Å². The largest absolute Gasteiger partial charge is 0.325 e. The van der Waals surface area contributed by atoms with Crippen LogP contribution < -0.4 is 22.0 Å². The minimum atomic E-state index is -1.71. The van der Waals surface area contributed by atoms with E-state index in [2.05, 4.69) is 26.2 Å². The van der Waals surface area contributed by atoms with Crippen molar-refractivity contribution in [3.05, 3.63) is 29.8 Å². The highest BCUT2D eigenvalue weighted by atomic mass is 35.6. The summed E-state index contributed by atoms with van der Waals surface area (Å²) in [5, 5.41) is 7.30. The maximum absolute atomic E-state index is 13.5. The highest BCUT2D eigenvalue weighted by Crippen LogP contribution is 2.39. The number of hydrogen-bond donors (Lipinski definition) is 4. The van der Waals surface area contributed by atoms with Gasteiger partial charge >= 0.3 is 0 Å². The number of nitrogens with zero attached hydrogens (tertiary/aromatic N) is 2. The molecule has 166 valence electrons. The van der Waals surface area contributed by atoms with Crippen LogP contribution in [0.3, 0.4) is 0 Å². The molecule has 30 heavy (non-hydrogen) atoms. The van der Waals surface area contributed by atoms with Gasteiger partial charge in [0.1, 0.15) is 0 Å². The van der Waals surface area contributed by atoms with Crippen LogP contribution in [0.5, 0.6) is 0 Å². The van der Waals surface area contributed by atoms with E-state index in [0.717, 1.165) is 37.9 Å². The second-order valence-corrected chi connectivity index (χ2v) is 9.98. The number of hydrazine groups is 1. The maximum Gasteiger partial charge on any atom is 0.235 e. The van der Waals surface area contributed by atoms with Crippen molar-refractivity contribution in [2.24, 2.45) is 16.9 Å². The van der Waals surface area contributed by atoms with Crippen LogP contribution in [0.1, 0.15) is 31.7 Å². The summed E-state index contributed by atoms with van der Waals surface area (Å²) in [5.41, 5.74) is 6.92. The van der Waals surface area contributed by atoms with Crippen molar-refractivity contribution >= 4 is 69.4 Å². The number of piperidine rings is 1. The van der Waals surface area contributed by atoms with Gasteiger partial charge in [-0.15, -0.1) is 0 Å². The third-order valence-corrected chi connectivity index (χ3v) is 5.92. The number of rotatable bonds is 6. The summed E-state index contributed by atoms with van der Waals surface area (Å²) in [6.07, 6.45) is 3.05. The first-order valence-electron chi connectivity index (χ1n) is 9.63. The summed E-state index contributed by atoms with van der Waals surface area (Å²) < 4.78 is -1.71. The van der Waals surface area contributed by atoms with Crippen LogP contribution >= 0.6 is 47.0 Å². The van der Waals surface area contributed by atoms with E-state index in [9.17, 15) is 4.79 Å². The molecule has 1 aromatic rings. The number of nitrogens with one attached hydrogen (secondary N) is 3. The lowest BCUT2D eigenvalue weighted by atomic mass is 9.91. The zero-order valence-electron chi connectivity index (χ0n) is 16.9. The molecule has 0 bridgehead atoms. The van der Waals surface area contributed by atoms with Crippen molar-refractivity contribution in [3.8, 4) is 0 Å². The second-order valence-electron chi connectivity index (χ2n) is 7.20. The molecule has 0 saturated carbocycles. The molecule has 5 N–H and O–H groups in total. The lowest BCUT2D eigenvalue weighted by Gasteiger charge is -2.42. The number of alkyl halides is 3. The number of anilines is 1. The van der Waals surface area contributed by atoms with Gasteiger partial charge in [-0.3, -0.25) is 20.5 Å². The Morgan fingerprint density at radius 2 is 1.87 bits per heavy atom. The number of nitrogens with two attached hydrogens (primary N) is 1. The van der Waals surface area contributed by atoms with E-state index in [0.29, 0.717) is 11.4 Å². The summed E-state index contributed by atoms with van der Waals surface area (Å²) in [7, 11) is 0. The summed E-state index contributed by atoms with van der Waals surface area (Å²) in [5.74, 6) is 4.12. The van der Waals surface area contributed by atoms with Gasteiger partial charge in [-0.1, -0.05) is 59.4 Å². The third kappa shape index (κ3) is 6.93. The van der Waals surface area contributed by atoms with Crippen molar-refractivity contribution in [1.29, 1.82) is 0 Å². The Morgan fingerprint density at radius 3 is 2.43 bits per heavy atom. The van der Waals surface area contributed by atoms with E-state index in [1.54, 1.807) is 6.92 Å². The average Bonchev–Trinajstić information content (AvgIpc) is 2.71. The number of hydrogen-bond acceptors (Lipinski definition) is 5. The molecule has 7 nitrogen and oxygen atoms in total. The molecule has 1 saturated heterocycles. The predicted molar refractivity (Wildman–Crippen MR) is 129 cm³/mol. The number of halogens is 3. The van der Waals surface area contributed by atoms with E-state index in [1.807, 2.05) is 31.2 Å². The summed E-state index contributed by atoms with van der Waals surface area (Å²) in [4.78, 5) is 15.5. The monoisotopic (exact) mass is 492 g/mol. The molecule has 0 spiro atoms. The molecule has 0 aliphatic carbocycles. The van der Waals surface area contributed by atoms with E-state index in [1.165, 1.54) is 0 Å². The first kappa shape index (κ1) is 25.1. The smallest absolute Gasteiger partial charge is 0.235 e. The standard InChI is InChI=1S/C19H27Cl3N6OS/c1-12-8-4-5-9-14(12)24-17(29)15(13(2)26-27-18(30)25-23)16(19(20,21)22)28-10-6-3-7-11-28/h4-5,8-9,15-16H,3,6-7,10-11,23H2,1-2H3,(H,24,29)(H2,25,27,30)/b26-13-/t15-,16-/m0/s1. The average molecular weight is 494 g/mol. The molecular formula is C19H27Cl3N6OS. The minimum absolute atomic E-state index is 0.107. The summed E-state index contributed by atoms with van der Waals surface area (Å²) in [6, 6.07) is 6.78. The molecule has 1 amide bonds. The van der Waals surface area contributed by atoms with Gasteiger partial charge < -0.3 is 5.32 Å². The number of aryl methyl sites for hydroxylation is 1. The van der Waals surface area contributed by atoms with E-state index in [4.69, 9.17) is 52.9 Å². The molecule has 2 atom stereocenters. The Labute approximate surface area is 197 Å². The maximum atomic E-state index is 13.5. The van der Waals surface area contributed by atoms with Crippen molar-refractivity contribution in [2.45, 2.75) is 42.9 Å². The van der Waals surface area contributed by atoms with E-state index in [-0.39, 0.29) is 11.0 Å². The van der Waals surface area contributed by atoms with Gasteiger partial charge in [0, 0.05) is 11.4 Å². The fourth-order valence-corrected chi connectivity index (χ4v) is 4.37. The first-order valence-corrected chi connectivity index (χ1v) is 11.2. The number of para-hydroxylation sites is 1. The van der Waals surface area contributed by atoms with Gasteiger partial charge in [0.2, 0.25) is 14.8 Å². The molecule has 1 aromatic carbocycles. The summed E-state index contributed by atoms with van der Waals surface area (Å²) >= 11 is 24.2. The Kier molecular flexibility index (Phi) is 9.59. The van der Waals surface area contributed by atoms with Gasteiger partial charge in [-0.05, 0) is 63.6 Å². The second kappa shape index (κ2) is 11.5. The van der Waals surface area contributed by atoms with Gasteiger partial charge in [-0.2, -0.15) is 5.10 Å². The lowest BCUT2D eigenvalue weighted by molar-refractivity contribution is -0.119. The molecule has 2 rings (SSSR count). The Morgan fingerprint density at radius 1 is 1.23 bits per heavy atom. The van der Waals surface area contributed by atoms with Crippen molar-refractivity contribution in [3.63, 3.8) is 0 Å². The normalized spacial score (nSPS) is 17.7. The number of amides is 1. The number of hydrazone groups is 1. The number of benzene rings is 1. The quantitative estimate of drug-likeness (QED) is 0.159. The van der Waals surface area contributed by atoms with E-state index >= 15 is 0 Å². The number of thiocarbonyl (C=S) groups is 1. The van der Waals surface area contributed by atoms with Crippen molar-refractivity contribution < 1.29 is 4.79 Å². The molecular weight excluding hydrogens is 467 g/mol. The van der Waals surface area contributed by atoms with Crippen LogP contribution in [-0.4, -0.2) is 44.6 Å². The molecule has 1 heterocycles. The number of carbonyl (C=O) groups excluding carboxylic acids is 1. The minimum Gasteiger partial charge on any atom is -0.325 e. The number of carbonyl (C=O) groups is 1. The Hall–Kier alpha value is -1.16. The van der Waals surface area contributed by atoms with E-state index < -0.39 is 15.8 Å². The summed E-state index contributed by atoms with van der Waals surface area (Å²) in [6.45, 7) is 5.07. The highest BCUT2D eigenvalue weighted by molar-refractivity contribution is 7.80. The topological polar surface area (TPSA) is 94.8 Å². The Balaban J connectivity index is 2.42. The zero-order valence-corrected chi connectivity index (χ0v) is 20.0. The van der Waals surface area contributed by atoms with Crippen molar-refractivity contribution in [1.82, 2.24) is 15.8 Å². The fourth-order valence-electron chi connectivity index (χ4n) is 3.53. The van der Waals surface area contributed by atoms with Gasteiger partial charge in [0.15, 0.2) is 0 Å². The first-order chi connectivity index (χ1) is 14.1.